The first-order valence-corrected chi connectivity index (χ1v) is 3.37. The van der Waals surface area contributed by atoms with E-state index in [2.05, 4.69) is 0 Å². The third-order valence-electron chi connectivity index (χ3n) is 2.05. The van der Waals surface area contributed by atoms with E-state index in [-0.39, 0.29) is 5.56 Å². The van der Waals surface area contributed by atoms with E-state index < -0.39 is 12.0 Å². The zero-order valence-corrected chi connectivity index (χ0v) is 5.72. The average Bonchev–Trinajstić information content (AvgIpc) is 2.04. The van der Waals surface area contributed by atoms with E-state index in [1.54, 1.807) is 18.2 Å². The van der Waals surface area contributed by atoms with Crippen molar-refractivity contribution in [2.75, 3.05) is 0 Å². The highest BCUT2D eigenvalue weighted by Gasteiger charge is 2.51. The van der Waals surface area contributed by atoms with Crippen LogP contribution in [0.1, 0.15) is 17.2 Å². The molecule has 2 N–H and O–H groups in total. The van der Waals surface area contributed by atoms with Gasteiger partial charge in [-0.25, -0.2) is 0 Å². The first-order valence-electron chi connectivity index (χ1n) is 3.37. The van der Waals surface area contributed by atoms with Gasteiger partial charge in [0.15, 0.2) is 0 Å². The van der Waals surface area contributed by atoms with Crippen LogP contribution in [0.4, 0.5) is 8.78 Å². The third kappa shape index (κ3) is 0.661. The maximum atomic E-state index is 12.8. The van der Waals surface area contributed by atoms with Crippen molar-refractivity contribution in [3.8, 4) is 0 Å². The molecule has 1 nitrogen and oxygen atoms in total. The number of hydrogen-bond donors (Lipinski definition) is 1. The van der Waals surface area contributed by atoms with E-state index in [0.29, 0.717) is 5.56 Å². The van der Waals surface area contributed by atoms with Crippen molar-refractivity contribution >= 4 is 0 Å². The van der Waals surface area contributed by atoms with Crippen molar-refractivity contribution in [1.82, 2.24) is 0 Å². The molecule has 1 aliphatic carbocycles. The largest absolute Gasteiger partial charge is 0.319 e. The predicted octanol–water partition coefficient (Wildman–Crippen LogP) is 1.79. The molecule has 0 saturated heterocycles. The van der Waals surface area contributed by atoms with Crippen LogP contribution in [-0.2, 0) is 5.92 Å². The molecule has 0 saturated carbocycles. The maximum Gasteiger partial charge on any atom is 0.292 e. The number of alkyl halides is 2. The summed E-state index contributed by atoms with van der Waals surface area (Å²) in [6, 6.07) is 5.27. The monoisotopic (exact) mass is 155 g/mol. The van der Waals surface area contributed by atoms with Gasteiger partial charge >= 0.3 is 0 Å². The van der Waals surface area contributed by atoms with Gasteiger partial charge in [0.05, 0.1) is 6.04 Å². The number of benzene rings is 1. The third-order valence-corrected chi connectivity index (χ3v) is 2.05. The summed E-state index contributed by atoms with van der Waals surface area (Å²) in [7, 11) is 0. The highest BCUT2D eigenvalue weighted by Crippen LogP contribution is 2.50. The van der Waals surface area contributed by atoms with Crippen molar-refractivity contribution in [2.45, 2.75) is 12.0 Å². The van der Waals surface area contributed by atoms with E-state index in [1.165, 1.54) is 6.07 Å². The second-order valence-corrected chi connectivity index (χ2v) is 2.69. The standard InChI is InChI=1S/C8H7F2N/c9-8(10)6-4-2-1-3-5(6)7(8)11/h1-4,7H,11H2. The van der Waals surface area contributed by atoms with Gasteiger partial charge in [-0.05, 0) is 5.56 Å². The first kappa shape index (κ1) is 6.73. The Labute approximate surface area is 62.8 Å². The molecule has 1 atom stereocenters. The number of fused-ring (bicyclic) bond motifs is 1. The van der Waals surface area contributed by atoms with Crippen LogP contribution in [0.15, 0.2) is 24.3 Å². The smallest absolute Gasteiger partial charge is 0.292 e. The molecular formula is C8H7F2N. The summed E-state index contributed by atoms with van der Waals surface area (Å²) >= 11 is 0. The van der Waals surface area contributed by atoms with Crippen LogP contribution in [0.5, 0.6) is 0 Å². The van der Waals surface area contributed by atoms with Crippen molar-refractivity contribution in [2.24, 2.45) is 5.73 Å². The molecule has 3 heteroatoms. The van der Waals surface area contributed by atoms with Gasteiger partial charge in [0.25, 0.3) is 5.92 Å². The van der Waals surface area contributed by atoms with Crippen LogP contribution in [-0.4, -0.2) is 0 Å². The molecule has 1 unspecified atom stereocenters. The Kier molecular flexibility index (Phi) is 1.10. The fourth-order valence-corrected chi connectivity index (χ4v) is 1.36. The molecule has 0 bridgehead atoms. The van der Waals surface area contributed by atoms with E-state index in [0.717, 1.165) is 0 Å². The van der Waals surface area contributed by atoms with Crippen LogP contribution < -0.4 is 5.73 Å². The zero-order chi connectivity index (χ0) is 8.06. The Morgan fingerprint density at radius 3 is 2.55 bits per heavy atom. The number of nitrogens with two attached hydrogens (primary N) is 1. The minimum Gasteiger partial charge on any atom is -0.319 e. The van der Waals surface area contributed by atoms with Gasteiger partial charge < -0.3 is 5.73 Å². The molecule has 0 spiro atoms. The molecule has 2 rings (SSSR count). The fraction of sp³-hybridized carbons (Fsp3) is 0.250. The molecular weight excluding hydrogens is 148 g/mol. The normalized spacial score (nSPS) is 25.5. The molecule has 58 valence electrons. The van der Waals surface area contributed by atoms with Gasteiger partial charge in [-0.1, -0.05) is 24.3 Å². The van der Waals surface area contributed by atoms with Gasteiger partial charge in [0.1, 0.15) is 0 Å². The minimum absolute atomic E-state index is 0.0764. The van der Waals surface area contributed by atoms with E-state index in [1.807, 2.05) is 0 Å². The number of hydrogen-bond acceptors (Lipinski definition) is 1. The summed E-state index contributed by atoms with van der Waals surface area (Å²) in [5.41, 5.74) is 5.86. The lowest BCUT2D eigenvalue weighted by Gasteiger charge is -2.36. The lowest BCUT2D eigenvalue weighted by Crippen LogP contribution is -2.41. The highest BCUT2D eigenvalue weighted by atomic mass is 19.3. The maximum absolute atomic E-state index is 12.8. The van der Waals surface area contributed by atoms with Gasteiger partial charge in [-0.15, -0.1) is 0 Å². The summed E-state index contributed by atoms with van der Waals surface area (Å²) in [5, 5.41) is 0. The first-order chi connectivity index (χ1) is 5.14. The van der Waals surface area contributed by atoms with Crippen LogP contribution in [0.3, 0.4) is 0 Å². The van der Waals surface area contributed by atoms with Crippen LogP contribution in [0, 0.1) is 0 Å². The molecule has 0 fully saturated rings. The Hall–Kier alpha value is -0.960. The molecule has 0 amide bonds. The van der Waals surface area contributed by atoms with E-state index in [9.17, 15) is 8.78 Å². The Balaban J connectivity index is 2.56. The average molecular weight is 155 g/mol. The second kappa shape index (κ2) is 1.80. The highest BCUT2D eigenvalue weighted by molar-refractivity contribution is 5.44. The van der Waals surface area contributed by atoms with E-state index in [4.69, 9.17) is 5.73 Å². The fourth-order valence-electron chi connectivity index (χ4n) is 1.36. The molecule has 0 radical (unpaired) electrons. The molecule has 1 aromatic rings. The van der Waals surface area contributed by atoms with Crippen LogP contribution >= 0.6 is 0 Å². The molecule has 11 heavy (non-hydrogen) atoms. The second-order valence-electron chi connectivity index (χ2n) is 2.69. The van der Waals surface area contributed by atoms with Gasteiger partial charge in [0.2, 0.25) is 0 Å². The van der Waals surface area contributed by atoms with Gasteiger partial charge in [-0.2, -0.15) is 8.78 Å². The summed E-state index contributed by atoms with van der Waals surface area (Å²) in [6.45, 7) is 0. The zero-order valence-electron chi connectivity index (χ0n) is 5.72. The SMILES string of the molecule is NC1c2ccccc2C1(F)F. The quantitative estimate of drug-likeness (QED) is 0.607. The van der Waals surface area contributed by atoms with Gasteiger partial charge in [0, 0.05) is 5.56 Å². The van der Waals surface area contributed by atoms with Gasteiger partial charge in [-0.3, -0.25) is 0 Å². The van der Waals surface area contributed by atoms with Crippen molar-refractivity contribution in [3.63, 3.8) is 0 Å². The topological polar surface area (TPSA) is 26.0 Å². The summed E-state index contributed by atoms with van der Waals surface area (Å²) in [6.07, 6.45) is 0. The lowest BCUT2D eigenvalue weighted by atomic mass is 9.80. The Bertz CT molecular complexity index is 296. The number of rotatable bonds is 0. The Morgan fingerprint density at radius 1 is 1.27 bits per heavy atom. The predicted molar refractivity (Wildman–Crippen MR) is 37.3 cm³/mol. The Morgan fingerprint density at radius 2 is 1.91 bits per heavy atom. The summed E-state index contributed by atoms with van der Waals surface area (Å²) < 4.78 is 25.6. The van der Waals surface area contributed by atoms with Crippen molar-refractivity contribution in [1.29, 1.82) is 0 Å². The van der Waals surface area contributed by atoms with Crippen LogP contribution in [0.2, 0.25) is 0 Å². The molecule has 1 aliphatic rings. The molecule has 1 aromatic carbocycles. The minimum atomic E-state index is -2.81. The lowest BCUT2D eigenvalue weighted by molar-refractivity contribution is -0.0602. The van der Waals surface area contributed by atoms with Crippen molar-refractivity contribution in [3.05, 3.63) is 35.4 Å². The van der Waals surface area contributed by atoms with E-state index >= 15 is 0 Å². The summed E-state index contributed by atoms with van der Waals surface area (Å²) in [5.74, 6) is -2.81. The molecule has 0 heterocycles. The van der Waals surface area contributed by atoms with Crippen molar-refractivity contribution < 1.29 is 8.78 Å². The number of halogens is 2. The summed E-state index contributed by atoms with van der Waals surface area (Å²) in [4.78, 5) is 0. The van der Waals surface area contributed by atoms with Crippen LogP contribution in [0.25, 0.3) is 0 Å². The molecule has 0 aliphatic heterocycles. The molecule has 0 aromatic heterocycles.